The minimum absolute atomic E-state index is 0.000612. The van der Waals surface area contributed by atoms with Gasteiger partial charge in [-0.15, -0.1) is 0 Å². The van der Waals surface area contributed by atoms with E-state index in [1.165, 1.54) is 5.56 Å². The Kier molecular flexibility index (Phi) is 6.49. The van der Waals surface area contributed by atoms with Gasteiger partial charge in [-0.25, -0.2) is 0 Å². The van der Waals surface area contributed by atoms with Crippen LogP contribution in [0.3, 0.4) is 0 Å². The lowest BCUT2D eigenvalue weighted by Crippen LogP contribution is -2.20. The summed E-state index contributed by atoms with van der Waals surface area (Å²) >= 11 is 0. The van der Waals surface area contributed by atoms with Gasteiger partial charge in [0.25, 0.3) is 0 Å². The second-order valence-electron chi connectivity index (χ2n) is 5.13. The molecular formula is C16H26O3. The van der Waals surface area contributed by atoms with E-state index in [-0.39, 0.29) is 6.10 Å². The lowest BCUT2D eigenvalue weighted by molar-refractivity contribution is -0.0397. The Morgan fingerprint density at radius 1 is 1.11 bits per heavy atom. The molecule has 0 aliphatic carbocycles. The minimum Gasteiger partial charge on any atom is -0.386 e. The Morgan fingerprint density at radius 2 is 1.68 bits per heavy atom. The first-order valence-corrected chi connectivity index (χ1v) is 6.90. The number of aliphatic hydroxyl groups is 1. The van der Waals surface area contributed by atoms with Gasteiger partial charge in [-0.2, -0.15) is 0 Å². The van der Waals surface area contributed by atoms with Crippen molar-refractivity contribution < 1.29 is 14.6 Å². The number of ether oxygens (including phenoxy) is 2. The molecule has 3 nitrogen and oxygen atoms in total. The Labute approximate surface area is 116 Å². The molecule has 0 saturated carbocycles. The topological polar surface area (TPSA) is 38.7 Å². The summed E-state index contributed by atoms with van der Waals surface area (Å²) in [4.78, 5) is 0. The molecule has 0 fully saturated rings. The van der Waals surface area contributed by atoms with Gasteiger partial charge in [0.05, 0.1) is 19.3 Å². The molecule has 2 atom stereocenters. The fourth-order valence-electron chi connectivity index (χ4n) is 2.39. The maximum Gasteiger partial charge on any atom is 0.103 e. The fourth-order valence-corrected chi connectivity index (χ4v) is 2.39. The van der Waals surface area contributed by atoms with Crippen LogP contribution >= 0.6 is 0 Å². The van der Waals surface area contributed by atoms with Crippen molar-refractivity contribution in [2.24, 2.45) is 0 Å². The van der Waals surface area contributed by atoms with Crippen molar-refractivity contribution in [1.29, 1.82) is 0 Å². The second kappa shape index (κ2) is 7.63. The van der Waals surface area contributed by atoms with Gasteiger partial charge in [0.2, 0.25) is 0 Å². The van der Waals surface area contributed by atoms with Crippen molar-refractivity contribution >= 4 is 0 Å². The van der Waals surface area contributed by atoms with Crippen LogP contribution in [0, 0.1) is 20.8 Å². The maximum atomic E-state index is 10.3. The number of hydrogen-bond acceptors (Lipinski definition) is 3. The third-order valence-electron chi connectivity index (χ3n) is 3.17. The zero-order chi connectivity index (χ0) is 14.4. The van der Waals surface area contributed by atoms with E-state index in [4.69, 9.17) is 9.47 Å². The van der Waals surface area contributed by atoms with Crippen LogP contribution in [-0.4, -0.2) is 31.0 Å². The summed E-state index contributed by atoms with van der Waals surface area (Å²) in [5.74, 6) is 0. The molecule has 1 aromatic rings. The van der Waals surface area contributed by atoms with Crippen LogP contribution in [0.5, 0.6) is 0 Å². The predicted octanol–water partition coefficient (Wildman–Crippen LogP) is 3.09. The minimum atomic E-state index is -0.579. The molecule has 1 N–H and O–H groups in total. The summed E-state index contributed by atoms with van der Waals surface area (Å²) in [5, 5.41) is 10.3. The average molecular weight is 266 g/mol. The van der Waals surface area contributed by atoms with Crippen molar-refractivity contribution in [3.63, 3.8) is 0 Å². The van der Waals surface area contributed by atoms with Gasteiger partial charge >= 0.3 is 0 Å². The molecule has 0 radical (unpaired) electrons. The van der Waals surface area contributed by atoms with Crippen molar-refractivity contribution in [2.75, 3.05) is 19.8 Å². The Balaban J connectivity index is 2.61. The summed E-state index contributed by atoms with van der Waals surface area (Å²) in [6, 6.07) is 4.18. The predicted molar refractivity (Wildman–Crippen MR) is 77.5 cm³/mol. The van der Waals surface area contributed by atoms with Crippen LogP contribution in [0.15, 0.2) is 12.1 Å². The monoisotopic (exact) mass is 266 g/mol. The molecule has 0 aromatic heterocycles. The molecule has 1 aromatic carbocycles. The van der Waals surface area contributed by atoms with E-state index in [0.29, 0.717) is 19.8 Å². The highest BCUT2D eigenvalue weighted by Gasteiger charge is 2.15. The second-order valence-corrected chi connectivity index (χ2v) is 5.13. The molecule has 108 valence electrons. The van der Waals surface area contributed by atoms with Gasteiger partial charge in [-0.3, -0.25) is 0 Å². The first kappa shape index (κ1) is 16.2. The molecule has 0 saturated heterocycles. The Morgan fingerprint density at radius 3 is 2.21 bits per heavy atom. The first-order valence-electron chi connectivity index (χ1n) is 6.90. The van der Waals surface area contributed by atoms with Gasteiger partial charge in [-0.05, 0) is 51.3 Å². The normalized spacial score (nSPS) is 14.4. The highest BCUT2D eigenvalue weighted by atomic mass is 16.5. The van der Waals surface area contributed by atoms with Crippen molar-refractivity contribution in [2.45, 2.75) is 46.8 Å². The number of hydrogen-bond donors (Lipinski definition) is 1. The summed E-state index contributed by atoms with van der Waals surface area (Å²) in [7, 11) is 0. The zero-order valence-corrected chi connectivity index (χ0v) is 12.7. The van der Waals surface area contributed by atoms with E-state index in [0.717, 1.165) is 16.7 Å². The number of benzene rings is 1. The van der Waals surface area contributed by atoms with Gasteiger partial charge in [0.15, 0.2) is 0 Å². The average Bonchev–Trinajstić information content (AvgIpc) is 2.32. The molecule has 2 unspecified atom stereocenters. The Hall–Kier alpha value is -0.900. The van der Waals surface area contributed by atoms with E-state index in [2.05, 4.69) is 19.1 Å². The molecule has 0 spiro atoms. The number of aliphatic hydroxyl groups excluding tert-OH is 1. The smallest absolute Gasteiger partial charge is 0.103 e. The molecule has 19 heavy (non-hydrogen) atoms. The van der Waals surface area contributed by atoms with E-state index in [1.807, 2.05) is 27.7 Å². The molecular weight excluding hydrogens is 240 g/mol. The Bertz CT molecular complexity index is 378. The summed E-state index contributed by atoms with van der Waals surface area (Å²) in [6.45, 7) is 11.6. The molecule has 0 aliphatic rings. The lowest BCUT2D eigenvalue weighted by Gasteiger charge is -2.20. The van der Waals surface area contributed by atoms with Crippen molar-refractivity contribution in [3.8, 4) is 0 Å². The number of rotatable bonds is 7. The highest BCUT2D eigenvalue weighted by Crippen LogP contribution is 2.24. The van der Waals surface area contributed by atoms with Gasteiger partial charge in [0, 0.05) is 6.61 Å². The lowest BCUT2D eigenvalue weighted by atomic mass is 9.96. The first-order chi connectivity index (χ1) is 8.95. The van der Waals surface area contributed by atoms with Gasteiger partial charge in [0.1, 0.15) is 6.10 Å². The quantitative estimate of drug-likeness (QED) is 0.824. The molecule has 0 amide bonds. The van der Waals surface area contributed by atoms with Crippen molar-refractivity contribution in [3.05, 3.63) is 34.4 Å². The zero-order valence-electron chi connectivity index (χ0n) is 12.7. The van der Waals surface area contributed by atoms with Crippen LogP contribution < -0.4 is 0 Å². The summed E-state index contributed by atoms with van der Waals surface area (Å²) in [6.07, 6.45) is -0.578. The standard InChI is InChI=1S/C16H26O3/c1-6-18-9-14(5)19-10-15(17)16-12(3)7-11(2)8-13(16)4/h7-8,14-15,17H,6,9-10H2,1-5H3. The summed E-state index contributed by atoms with van der Waals surface area (Å²) in [5.41, 5.74) is 4.43. The maximum absolute atomic E-state index is 10.3. The number of aryl methyl sites for hydroxylation is 3. The van der Waals surface area contributed by atoms with E-state index in [9.17, 15) is 5.11 Å². The van der Waals surface area contributed by atoms with Crippen LogP contribution in [0.2, 0.25) is 0 Å². The largest absolute Gasteiger partial charge is 0.386 e. The third kappa shape index (κ3) is 4.94. The van der Waals surface area contributed by atoms with Crippen LogP contribution in [0.1, 0.15) is 42.2 Å². The third-order valence-corrected chi connectivity index (χ3v) is 3.17. The molecule has 1 rings (SSSR count). The molecule has 3 heteroatoms. The van der Waals surface area contributed by atoms with Crippen LogP contribution in [0.25, 0.3) is 0 Å². The SMILES string of the molecule is CCOCC(C)OCC(O)c1c(C)cc(C)cc1C. The van der Waals surface area contributed by atoms with Crippen LogP contribution in [-0.2, 0) is 9.47 Å². The molecule has 0 heterocycles. The van der Waals surface area contributed by atoms with E-state index < -0.39 is 6.10 Å². The molecule has 0 aliphatic heterocycles. The highest BCUT2D eigenvalue weighted by molar-refractivity contribution is 5.38. The fraction of sp³-hybridized carbons (Fsp3) is 0.625. The van der Waals surface area contributed by atoms with Crippen molar-refractivity contribution in [1.82, 2.24) is 0 Å². The van der Waals surface area contributed by atoms with Gasteiger partial charge in [-0.1, -0.05) is 17.7 Å². The van der Waals surface area contributed by atoms with Gasteiger partial charge < -0.3 is 14.6 Å². The molecule has 0 bridgehead atoms. The summed E-state index contributed by atoms with van der Waals surface area (Å²) < 4.78 is 10.9. The van der Waals surface area contributed by atoms with Crippen LogP contribution in [0.4, 0.5) is 0 Å². The van der Waals surface area contributed by atoms with E-state index in [1.54, 1.807) is 0 Å². The van der Waals surface area contributed by atoms with E-state index >= 15 is 0 Å².